The number of hydrogen-bond acceptors (Lipinski definition) is 3. The molecule has 15 heavy (non-hydrogen) atoms. The van der Waals surface area contributed by atoms with Crippen LogP contribution in [0.5, 0.6) is 0 Å². The zero-order valence-corrected chi connectivity index (χ0v) is 10.1. The van der Waals surface area contributed by atoms with Crippen LogP contribution in [0.3, 0.4) is 0 Å². The van der Waals surface area contributed by atoms with Crippen molar-refractivity contribution in [2.75, 3.05) is 19.7 Å². The Kier molecular flexibility index (Phi) is 5.03. The molecule has 0 aromatic heterocycles. The van der Waals surface area contributed by atoms with Crippen molar-refractivity contribution in [2.45, 2.75) is 57.6 Å². The van der Waals surface area contributed by atoms with Gasteiger partial charge in [-0.25, -0.2) is 0 Å². The Balaban J connectivity index is 2.47. The van der Waals surface area contributed by atoms with Crippen LogP contribution in [0.25, 0.3) is 0 Å². The van der Waals surface area contributed by atoms with Crippen molar-refractivity contribution in [3.8, 4) is 0 Å². The third-order valence-corrected chi connectivity index (χ3v) is 3.07. The van der Waals surface area contributed by atoms with E-state index in [0.29, 0.717) is 19.1 Å². The van der Waals surface area contributed by atoms with E-state index in [0.717, 1.165) is 0 Å². The van der Waals surface area contributed by atoms with Crippen LogP contribution in [0.2, 0.25) is 0 Å². The van der Waals surface area contributed by atoms with Crippen molar-refractivity contribution in [3.63, 3.8) is 0 Å². The Hall–Kier alpha value is -0.120. The summed E-state index contributed by atoms with van der Waals surface area (Å²) in [5, 5.41) is 18.9. The van der Waals surface area contributed by atoms with Crippen LogP contribution < -0.4 is 0 Å². The van der Waals surface area contributed by atoms with Crippen molar-refractivity contribution in [1.29, 1.82) is 0 Å². The molecule has 0 aromatic carbocycles. The van der Waals surface area contributed by atoms with Crippen LogP contribution in [0, 0.1) is 0 Å². The first-order valence-corrected chi connectivity index (χ1v) is 6.10. The van der Waals surface area contributed by atoms with Gasteiger partial charge in [0.1, 0.15) is 0 Å². The van der Waals surface area contributed by atoms with Crippen LogP contribution in [-0.4, -0.2) is 46.5 Å². The highest BCUT2D eigenvalue weighted by atomic mass is 16.3. The van der Waals surface area contributed by atoms with Gasteiger partial charge in [-0.15, -0.1) is 0 Å². The van der Waals surface area contributed by atoms with Crippen LogP contribution in [0.15, 0.2) is 0 Å². The molecule has 0 aromatic rings. The summed E-state index contributed by atoms with van der Waals surface area (Å²) < 4.78 is 0. The van der Waals surface area contributed by atoms with Crippen molar-refractivity contribution in [3.05, 3.63) is 0 Å². The van der Waals surface area contributed by atoms with Gasteiger partial charge in [0.2, 0.25) is 0 Å². The summed E-state index contributed by atoms with van der Waals surface area (Å²) in [4.78, 5) is 2.25. The van der Waals surface area contributed by atoms with Gasteiger partial charge in [-0.2, -0.15) is 0 Å². The normalized spacial score (nSPS) is 19.8. The number of hydrogen-bond donors (Lipinski definition) is 2. The van der Waals surface area contributed by atoms with E-state index in [4.69, 9.17) is 5.11 Å². The van der Waals surface area contributed by atoms with E-state index in [2.05, 4.69) is 4.90 Å². The molecule has 1 fully saturated rings. The SMILES string of the molecule is CC(C)(O)CN(CCO)C1CCCCC1. The minimum Gasteiger partial charge on any atom is -0.395 e. The molecular weight excluding hydrogens is 190 g/mol. The fourth-order valence-corrected chi connectivity index (χ4v) is 2.46. The molecule has 2 N–H and O–H groups in total. The summed E-state index contributed by atoms with van der Waals surface area (Å²) in [5.74, 6) is 0. The first-order chi connectivity index (χ1) is 7.03. The Labute approximate surface area is 93.1 Å². The predicted octanol–water partition coefficient (Wildman–Crippen LogP) is 1.38. The molecule has 0 spiro atoms. The lowest BCUT2D eigenvalue weighted by molar-refractivity contribution is 0.00758. The molecule has 90 valence electrons. The average molecular weight is 215 g/mol. The molecule has 1 aliphatic rings. The molecule has 0 amide bonds. The topological polar surface area (TPSA) is 43.7 Å². The van der Waals surface area contributed by atoms with E-state index >= 15 is 0 Å². The second-order valence-corrected chi connectivity index (χ2v) is 5.30. The van der Waals surface area contributed by atoms with Gasteiger partial charge in [-0.3, -0.25) is 4.90 Å². The lowest BCUT2D eigenvalue weighted by Gasteiger charge is -2.37. The first-order valence-electron chi connectivity index (χ1n) is 6.10. The molecule has 0 bridgehead atoms. The van der Waals surface area contributed by atoms with E-state index in [1.54, 1.807) is 0 Å². The molecule has 0 atom stereocenters. The van der Waals surface area contributed by atoms with E-state index in [1.165, 1.54) is 32.1 Å². The molecule has 1 saturated carbocycles. The maximum Gasteiger partial charge on any atom is 0.0718 e. The highest BCUT2D eigenvalue weighted by Crippen LogP contribution is 2.23. The van der Waals surface area contributed by atoms with Crippen molar-refractivity contribution >= 4 is 0 Å². The molecule has 0 saturated heterocycles. The van der Waals surface area contributed by atoms with Crippen LogP contribution in [0.1, 0.15) is 46.0 Å². The van der Waals surface area contributed by atoms with Gasteiger partial charge in [-0.1, -0.05) is 19.3 Å². The van der Waals surface area contributed by atoms with Crippen LogP contribution >= 0.6 is 0 Å². The first kappa shape index (κ1) is 12.9. The molecular formula is C12H25NO2. The summed E-state index contributed by atoms with van der Waals surface area (Å²) in [5.41, 5.74) is -0.660. The van der Waals surface area contributed by atoms with E-state index in [9.17, 15) is 5.11 Å². The van der Waals surface area contributed by atoms with Gasteiger partial charge in [0.25, 0.3) is 0 Å². The van der Waals surface area contributed by atoms with Gasteiger partial charge in [-0.05, 0) is 26.7 Å². The van der Waals surface area contributed by atoms with E-state index < -0.39 is 5.60 Å². The fourth-order valence-electron chi connectivity index (χ4n) is 2.46. The molecule has 1 aliphatic carbocycles. The summed E-state index contributed by atoms with van der Waals surface area (Å²) >= 11 is 0. The summed E-state index contributed by atoms with van der Waals surface area (Å²) in [6, 6.07) is 0.567. The van der Waals surface area contributed by atoms with Gasteiger partial charge >= 0.3 is 0 Å². The molecule has 3 nitrogen and oxygen atoms in total. The van der Waals surface area contributed by atoms with E-state index in [-0.39, 0.29) is 6.61 Å². The molecule has 1 rings (SSSR count). The Bertz CT molecular complexity index is 171. The highest BCUT2D eigenvalue weighted by Gasteiger charge is 2.25. The highest BCUT2D eigenvalue weighted by molar-refractivity contribution is 4.80. The number of aliphatic hydroxyl groups is 2. The largest absolute Gasteiger partial charge is 0.395 e. The lowest BCUT2D eigenvalue weighted by Crippen LogP contribution is -2.46. The van der Waals surface area contributed by atoms with Crippen LogP contribution in [-0.2, 0) is 0 Å². The van der Waals surface area contributed by atoms with E-state index in [1.807, 2.05) is 13.8 Å². The maximum atomic E-state index is 9.82. The predicted molar refractivity (Wildman–Crippen MR) is 61.8 cm³/mol. The minimum atomic E-state index is -0.660. The number of rotatable bonds is 5. The lowest BCUT2D eigenvalue weighted by atomic mass is 9.93. The Morgan fingerprint density at radius 1 is 1.20 bits per heavy atom. The Morgan fingerprint density at radius 2 is 1.80 bits per heavy atom. The second kappa shape index (κ2) is 5.83. The zero-order chi connectivity index (χ0) is 11.3. The van der Waals surface area contributed by atoms with Crippen molar-refractivity contribution in [2.24, 2.45) is 0 Å². The average Bonchev–Trinajstić information content (AvgIpc) is 2.17. The van der Waals surface area contributed by atoms with Gasteiger partial charge in [0, 0.05) is 19.1 Å². The molecule has 0 unspecified atom stereocenters. The number of nitrogens with zero attached hydrogens (tertiary/aromatic N) is 1. The van der Waals surface area contributed by atoms with Gasteiger partial charge in [0.15, 0.2) is 0 Å². The molecule has 0 radical (unpaired) electrons. The molecule has 0 aliphatic heterocycles. The third kappa shape index (κ3) is 4.96. The standard InChI is InChI=1S/C12H25NO2/c1-12(2,15)10-13(8-9-14)11-6-4-3-5-7-11/h11,14-15H,3-10H2,1-2H3. The summed E-state index contributed by atoms with van der Waals surface area (Å²) in [6.07, 6.45) is 6.36. The van der Waals surface area contributed by atoms with Crippen LogP contribution in [0.4, 0.5) is 0 Å². The van der Waals surface area contributed by atoms with Crippen molar-refractivity contribution in [1.82, 2.24) is 4.90 Å². The quantitative estimate of drug-likeness (QED) is 0.728. The molecule has 3 heteroatoms. The second-order valence-electron chi connectivity index (χ2n) is 5.30. The van der Waals surface area contributed by atoms with Gasteiger partial charge < -0.3 is 10.2 Å². The van der Waals surface area contributed by atoms with Gasteiger partial charge in [0.05, 0.1) is 12.2 Å². The fraction of sp³-hybridized carbons (Fsp3) is 1.00. The third-order valence-electron chi connectivity index (χ3n) is 3.07. The van der Waals surface area contributed by atoms with Crippen molar-refractivity contribution < 1.29 is 10.2 Å². The summed E-state index contributed by atoms with van der Waals surface area (Å²) in [6.45, 7) is 5.21. The summed E-state index contributed by atoms with van der Waals surface area (Å²) in [7, 11) is 0. The maximum absolute atomic E-state index is 9.82. The smallest absolute Gasteiger partial charge is 0.0718 e. The number of aliphatic hydroxyl groups excluding tert-OH is 1. The monoisotopic (exact) mass is 215 g/mol. The zero-order valence-electron chi connectivity index (χ0n) is 10.1. The Morgan fingerprint density at radius 3 is 2.27 bits per heavy atom. The minimum absolute atomic E-state index is 0.187. The molecule has 0 heterocycles.